The zero-order valence-corrected chi connectivity index (χ0v) is 38.0. The monoisotopic (exact) mass is 981 g/mol. The van der Waals surface area contributed by atoms with Crippen molar-refractivity contribution >= 4 is 49.3 Å². The minimum Gasteiger partial charge on any atom is -0.492 e. The Morgan fingerprint density at radius 2 is 1.24 bits per heavy atom. The maximum absolute atomic E-state index is 13.0. The summed E-state index contributed by atoms with van der Waals surface area (Å²) in [6, 6.07) is 18.5. The molecule has 62 heavy (non-hydrogen) atoms. The molecule has 4 saturated heterocycles. The number of aryl methyl sites for hydroxylation is 2. The Morgan fingerprint density at radius 1 is 0.742 bits per heavy atom. The van der Waals surface area contributed by atoms with Gasteiger partial charge in [0.1, 0.15) is 24.7 Å². The molecule has 0 radical (unpaired) electrons. The molecule has 6 heterocycles. The Bertz CT molecular complexity index is 2290. The van der Waals surface area contributed by atoms with Crippen molar-refractivity contribution in [3.63, 3.8) is 0 Å². The van der Waals surface area contributed by atoms with Crippen molar-refractivity contribution in [2.24, 2.45) is 14.1 Å². The summed E-state index contributed by atoms with van der Waals surface area (Å²) in [7, 11) is 3.75. The predicted molar refractivity (Wildman–Crippen MR) is 241 cm³/mol. The quantitative estimate of drug-likeness (QED) is 0.0997. The van der Waals surface area contributed by atoms with Gasteiger partial charge in [0.15, 0.2) is 0 Å². The lowest BCUT2D eigenvalue weighted by Gasteiger charge is -2.22. The number of anilines is 2. The molecule has 12 nitrogen and oxygen atoms in total. The lowest BCUT2D eigenvalue weighted by molar-refractivity contribution is -0.137. The minimum absolute atomic E-state index is 0.0461. The molecule has 5 aromatic rings. The number of nitrogens with one attached hydrogen (secondary N) is 2. The van der Waals surface area contributed by atoms with Gasteiger partial charge in [-0.3, -0.25) is 19.2 Å². The molecule has 4 fully saturated rings. The number of fused-ring (bicyclic) bond motifs is 4. The average molecular weight is 984 g/mol. The number of ether oxygens (including phenoxy) is 2. The summed E-state index contributed by atoms with van der Waals surface area (Å²) < 4.78 is 56.6. The summed E-state index contributed by atoms with van der Waals surface area (Å²) in [5.74, 6) is 1.54. The number of carbonyl (C=O) groups excluding carboxylic acids is 1. The number of hydrogen-bond donors (Lipinski definition) is 3. The molecular weight excluding hydrogens is 931 g/mol. The number of carbonyl (C=O) groups is 1. The second kappa shape index (κ2) is 19.0. The molecule has 4 aliphatic heterocycles. The van der Waals surface area contributed by atoms with E-state index in [4.69, 9.17) is 15.2 Å². The highest BCUT2D eigenvalue weighted by Crippen LogP contribution is 2.41. The predicted octanol–water partition coefficient (Wildman–Crippen LogP) is 9.63. The first-order chi connectivity index (χ1) is 29.8. The van der Waals surface area contributed by atoms with Gasteiger partial charge in [-0.15, -0.1) is 0 Å². The third-order valence-electron chi connectivity index (χ3n) is 12.7. The second-order valence-corrected chi connectivity index (χ2v) is 18.2. The standard InChI is InChI=1S/C27H29BrF3N5O2.C18H23BrN4O/c1-35-25(23(28)16-33-35)22-14-19(5-10-24(22)38-12-11-36-20-6-7-21(36)9-8-20)34-26(37)32-15-17-3-2-4-18(13-17)27(29,30)31;1-22-18(16(19)11-21-22)15-10-12(20)2-7-17(15)24-9-8-23-13-3-4-14(23)6-5-13/h2-5,10,13-14,16,20-21H,6-9,11-12,15H2,1H3,(H2,32,34,37);2,7,10-11,13-14H,3-6,8-9,20H2,1H3. The van der Waals surface area contributed by atoms with Gasteiger partial charge in [0.25, 0.3) is 0 Å². The second-order valence-electron chi connectivity index (χ2n) is 16.5. The van der Waals surface area contributed by atoms with E-state index in [-0.39, 0.29) is 6.54 Å². The number of rotatable bonds is 13. The normalized spacial score (nSPS) is 20.6. The molecule has 9 rings (SSSR count). The average Bonchev–Trinajstić information content (AvgIpc) is 4.13. The van der Waals surface area contributed by atoms with Gasteiger partial charge in [0.05, 0.1) is 38.3 Å². The van der Waals surface area contributed by atoms with E-state index in [1.807, 2.05) is 43.0 Å². The van der Waals surface area contributed by atoms with E-state index in [2.05, 4.69) is 62.5 Å². The van der Waals surface area contributed by atoms with Gasteiger partial charge >= 0.3 is 12.2 Å². The van der Waals surface area contributed by atoms with E-state index < -0.39 is 17.8 Å². The molecule has 2 amide bonds. The fourth-order valence-electron chi connectivity index (χ4n) is 9.71. The molecule has 4 N–H and O–H groups in total. The van der Waals surface area contributed by atoms with E-state index in [1.165, 1.54) is 63.5 Å². The molecule has 4 aliphatic rings. The fraction of sp³-hybridized carbons (Fsp3) is 0.444. The van der Waals surface area contributed by atoms with Gasteiger partial charge in [-0.1, -0.05) is 12.1 Å². The van der Waals surface area contributed by atoms with E-state index >= 15 is 0 Å². The van der Waals surface area contributed by atoms with Crippen LogP contribution in [0.1, 0.15) is 62.5 Å². The lowest BCUT2D eigenvalue weighted by atomic mass is 10.0. The summed E-state index contributed by atoms with van der Waals surface area (Å²) in [4.78, 5) is 17.8. The van der Waals surface area contributed by atoms with Crippen LogP contribution in [0.3, 0.4) is 0 Å². The van der Waals surface area contributed by atoms with Crippen LogP contribution in [0.15, 0.2) is 82.0 Å². The Labute approximate surface area is 376 Å². The van der Waals surface area contributed by atoms with Crippen LogP contribution in [0.5, 0.6) is 11.5 Å². The van der Waals surface area contributed by atoms with Crippen LogP contribution in [0.25, 0.3) is 22.5 Å². The Morgan fingerprint density at radius 3 is 1.73 bits per heavy atom. The van der Waals surface area contributed by atoms with Crippen LogP contribution in [-0.2, 0) is 26.8 Å². The van der Waals surface area contributed by atoms with Crippen molar-refractivity contribution in [1.29, 1.82) is 0 Å². The number of hydrogen-bond acceptors (Lipinski definition) is 8. The van der Waals surface area contributed by atoms with Crippen molar-refractivity contribution in [3.8, 4) is 34.0 Å². The summed E-state index contributed by atoms with van der Waals surface area (Å²) in [5.41, 5.74) is 10.4. The highest BCUT2D eigenvalue weighted by Gasteiger charge is 2.40. The molecule has 2 aromatic heterocycles. The molecule has 330 valence electrons. The van der Waals surface area contributed by atoms with Crippen molar-refractivity contribution in [3.05, 3.63) is 93.1 Å². The number of nitrogens with two attached hydrogens (primary N) is 1. The number of alkyl halides is 3. The molecule has 0 aliphatic carbocycles. The number of nitrogens with zero attached hydrogens (tertiary/aromatic N) is 6. The fourth-order valence-corrected chi connectivity index (χ4v) is 10.8. The number of benzene rings is 3. The molecule has 3 aromatic carbocycles. The van der Waals surface area contributed by atoms with Crippen molar-refractivity contribution in [1.82, 2.24) is 34.7 Å². The number of amides is 2. The van der Waals surface area contributed by atoms with E-state index in [1.54, 1.807) is 29.2 Å². The third kappa shape index (κ3) is 9.95. The van der Waals surface area contributed by atoms with Gasteiger partial charge in [0, 0.05) is 80.4 Å². The molecular formula is C45H52Br2F3N9O3. The highest BCUT2D eigenvalue weighted by atomic mass is 79.9. The minimum atomic E-state index is -4.44. The van der Waals surface area contributed by atoms with Gasteiger partial charge in [-0.25, -0.2) is 4.79 Å². The first kappa shape index (κ1) is 44.0. The zero-order valence-electron chi connectivity index (χ0n) is 34.8. The molecule has 0 saturated carbocycles. The largest absolute Gasteiger partial charge is 0.492 e. The van der Waals surface area contributed by atoms with Gasteiger partial charge in [-0.2, -0.15) is 23.4 Å². The smallest absolute Gasteiger partial charge is 0.416 e. The lowest BCUT2D eigenvalue weighted by Crippen LogP contribution is -2.32. The first-order valence-electron chi connectivity index (χ1n) is 21.2. The van der Waals surface area contributed by atoms with Crippen LogP contribution in [0.4, 0.5) is 29.3 Å². The number of urea groups is 1. The van der Waals surface area contributed by atoms with Crippen LogP contribution in [0, 0.1) is 0 Å². The maximum atomic E-state index is 13.0. The summed E-state index contributed by atoms with van der Waals surface area (Å²) >= 11 is 7.12. The van der Waals surface area contributed by atoms with Crippen LogP contribution >= 0.6 is 31.9 Å². The SMILES string of the molecule is Cn1ncc(Br)c1-c1cc(N)ccc1OCCN1C2CCC1CC2.Cn1ncc(Br)c1-c1cc(NC(=O)NCc2cccc(C(F)(F)F)c2)ccc1OCCN1C2CCC1CC2. The summed E-state index contributed by atoms with van der Waals surface area (Å²) in [6.45, 7) is 3.10. The molecule has 0 unspecified atom stereocenters. The molecule has 17 heteroatoms. The number of nitrogen functional groups attached to an aromatic ring is 1. The maximum Gasteiger partial charge on any atom is 0.416 e. The summed E-state index contributed by atoms with van der Waals surface area (Å²) in [6.07, 6.45) is 9.59. The zero-order chi connectivity index (χ0) is 43.5. The van der Waals surface area contributed by atoms with Crippen molar-refractivity contribution in [2.75, 3.05) is 37.4 Å². The molecule has 0 spiro atoms. The van der Waals surface area contributed by atoms with Crippen LogP contribution in [0.2, 0.25) is 0 Å². The number of halogens is 5. The van der Waals surface area contributed by atoms with E-state index in [9.17, 15) is 18.0 Å². The van der Waals surface area contributed by atoms with E-state index in [0.29, 0.717) is 42.3 Å². The molecule has 0 atom stereocenters. The number of aromatic nitrogens is 4. The van der Waals surface area contributed by atoms with Gasteiger partial charge < -0.3 is 25.8 Å². The molecule has 4 bridgehead atoms. The van der Waals surface area contributed by atoms with Crippen molar-refractivity contribution < 1.29 is 27.4 Å². The van der Waals surface area contributed by atoms with Crippen LogP contribution < -0.4 is 25.8 Å². The van der Waals surface area contributed by atoms with Gasteiger partial charge in [0.2, 0.25) is 0 Å². The van der Waals surface area contributed by atoms with Crippen molar-refractivity contribution in [2.45, 2.75) is 88.3 Å². The Kier molecular flexibility index (Phi) is 13.5. The first-order valence-corrected chi connectivity index (χ1v) is 22.8. The topological polar surface area (TPSA) is 128 Å². The Hall–Kier alpha value is -4.58. The van der Waals surface area contributed by atoms with Crippen LogP contribution in [-0.4, -0.2) is 85.9 Å². The third-order valence-corrected chi connectivity index (χ3v) is 13.8. The summed E-state index contributed by atoms with van der Waals surface area (Å²) in [5, 5.41) is 14.0. The Balaban J connectivity index is 0.000000189. The van der Waals surface area contributed by atoms with Gasteiger partial charge in [-0.05, 0) is 137 Å². The highest BCUT2D eigenvalue weighted by molar-refractivity contribution is 9.11. The van der Waals surface area contributed by atoms with E-state index in [0.717, 1.165) is 80.2 Å².